The molecule has 1 aliphatic heterocycles. The lowest BCUT2D eigenvalue weighted by Gasteiger charge is -2.39. The standard InChI is InChI=1S/C18H35NO/c1-5-10-19-18-9-7-15(13(2)3)11-16(18)12-17-8-6-14(4)20-17/h13-19H,5-12H2,1-4H3. The maximum Gasteiger partial charge on any atom is 0.0583 e. The Morgan fingerprint density at radius 2 is 1.95 bits per heavy atom. The predicted octanol–water partition coefficient (Wildman–Crippen LogP) is 4.38. The van der Waals surface area contributed by atoms with E-state index in [-0.39, 0.29) is 0 Å². The fourth-order valence-electron chi connectivity index (χ4n) is 4.16. The lowest BCUT2D eigenvalue weighted by atomic mass is 9.71. The average molecular weight is 281 g/mol. The third-order valence-corrected chi connectivity index (χ3v) is 5.51. The molecule has 1 heterocycles. The van der Waals surface area contributed by atoms with E-state index in [9.17, 15) is 0 Å². The zero-order valence-corrected chi connectivity index (χ0v) is 14.0. The quantitative estimate of drug-likeness (QED) is 0.780. The van der Waals surface area contributed by atoms with Crippen LogP contribution in [0.4, 0.5) is 0 Å². The van der Waals surface area contributed by atoms with Crippen molar-refractivity contribution in [3.8, 4) is 0 Å². The van der Waals surface area contributed by atoms with Gasteiger partial charge in [0.25, 0.3) is 0 Å². The Hall–Kier alpha value is -0.0800. The minimum Gasteiger partial charge on any atom is -0.375 e. The minimum atomic E-state index is 0.492. The van der Waals surface area contributed by atoms with Gasteiger partial charge in [0.2, 0.25) is 0 Å². The Morgan fingerprint density at radius 3 is 2.55 bits per heavy atom. The first kappa shape index (κ1) is 16.3. The molecule has 0 spiro atoms. The first-order valence-electron chi connectivity index (χ1n) is 8.99. The molecule has 0 aromatic heterocycles. The summed E-state index contributed by atoms with van der Waals surface area (Å²) in [5.41, 5.74) is 0. The van der Waals surface area contributed by atoms with Gasteiger partial charge in [0.05, 0.1) is 12.2 Å². The number of ether oxygens (including phenoxy) is 1. The Bertz CT molecular complexity index is 279. The van der Waals surface area contributed by atoms with E-state index in [4.69, 9.17) is 4.74 Å². The van der Waals surface area contributed by atoms with Gasteiger partial charge in [-0.1, -0.05) is 20.8 Å². The summed E-state index contributed by atoms with van der Waals surface area (Å²) in [6.45, 7) is 10.5. The number of rotatable bonds is 6. The Morgan fingerprint density at radius 1 is 1.15 bits per heavy atom. The van der Waals surface area contributed by atoms with Crippen LogP contribution in [-0.4, -0.2) is 24.8 Å². The fourth-order valence-corrected chi connectivity index (χ4v) is 4.16. The van der Waals surface area contributed by atoms with Gasteiger partial charge in [-0.15, -0.1) is 0 Å². The summed E-state index contributed by atoms with van der Waals surface area (Å²) in [5.74, 6) is 2.60. The van der Waals surface area contributed by atoms with Crippen LogP contribution in [-0.2, 0) is 4.74 Å². The van der Waals surface area contributed by atoms with E-state index >= 15 is 0 Å². The van der Waals surface area contributed by atoms with Crippen molar-refractivity contribution < 1.29 is 4.74 Å². The van der Waals surface area contributed by atoms with E-state index in [1.54, 1.807) is 0 Å². The summed E-state index contributed by atoms with van der Waals surface area (Å²) in [6.07, 6.45) is 10.3. The zero-order chi connectivity index (χ0) is 14.5. The molecule has 1 saturated carbocycles. The van der Waals surface area contributed by atoms with Crippen LogP contribution in [0.3, 0.4) is 0 Å². The predicted molar refractivity (Wildman–Crippen MR) is 85.9 cm³/mol. The SMILES string of the molecule is CCCNC1CCC(C(C)C)CC1CC1CCC(C)O1. The third kappa shape index (κ3) is 4.46. The molecule has 5 atom stereocenters. The van der Waals surface area contributed by atoms with E-state index in [0.717, 1.165) is 23.8 Å². The van der Waals surface area contributed by atoms with Crippen molar-refractivity contribution >= 4 is 0 Å². The van der Waals surface area contributed by atoms with Crippen LogP contribution >= 0.6 is 0 Å². The van der Waals surface area contributed by atoms with Gasteiger partial charge in [0.15, 0.2) is 0 Å². The highest BCUT2D eigenvalue weighted by Gasteiger charge is 2.34. The average Bonchev–Trinajstić information content (AvgIpc) is 2.82. The molecule has 1 N–H and O–H groups in total. The molecule has 2 rings (SSSR count). The second-order valence-corrected chi connectivity index (χ2v) is 7.52. The first-order chi connectivity index (χ1) is 9.60. The molecule has 2 aliphatic rings. The molecular formula is C18H35NO. The molecule has 0 aromatic rings. The maximum absolute atomic E-state index is 6.08. The molecular weight excluding hydrogens is 246 g/mol. The van der Waals surface area contributed by atoms with Gasteiger partial charge < -0.3 is 10.1 Å². The third-order valence-electron chi connectivity index (χ3n) is 5.51. The number of hydrogen-bond donors (Lipinski definition) is 1. The Labute approximate surface area is 126 Å². The normalized spacial score (nSPS) is 38.5. The number of nitrogens with one attached hydrogen (secondary N) is 1. The van der Waals surface area contributed by atoms with E-state index in [1.165, 1.54) is 51.5 Å². The van der Waals surface area contributed by atoms with Gasteiger partial charge >= 0.3 is 0 Å². The molecule has 0 radical (unpaired) electrons. The van der Waals surface area contributed by atoms with E-state index in [0.29, 0.717) is 12.2 Å². The molecule has 20 heavy (non-hydrogen) atoms. The minimum absolute atomic E-state index is 0.492. The highest BCUT2D eigenvalue weighted by molar-refractivity contribution is 4.88. The smallest absolute Gasteiger partial charge is 0.0583 e. The Kier molecular flexibility index (Phi) is 6.35. The van der Waals surface area contributed by atoms with E-state index in [1.807, 2.05) is 0 Å². The summed E-state index contributed by atoms with van der Waals surface area (Å²) >= 11 is 0. The van der Waals surface area contributed by atoms with Crippen LogP contribution in [0.2, 0.25) is 0 Å². The van der Waals surface area contributed by atoms with Gasteiger partial charge in [0, 0.05) is 6.04 Å². The monoisotopic (exact) mass is 281 g/mol. The molecule has 118 valence electrons. The lowest BCUT2D eigenvalue weighted by Crippen LogP contribution is -2.43. The maximum atomic E-state index is 6.08. The van der Waals surface area contributed by atoms with Crippen molar-refractivity contribution in [1.29, 1.82) is 0 Å². The van der Waals surface area contributed by atoms with Crippen molar-refractivity contribution in [3.05, 3.63) is 0 Å². The Balaban J connectivity index is 1.90. The molecule has 0 bridgehead atoms. The van der Waals surface area contributed by atoms with Crippen LogP contribution in [0, 0.1) is 17.8 Å². The van der Waals surface area contributed by atoms with Gasteiger partial charge in [0.1, 0.15) is 0 Å². The van der Waals surface area contributed by atoms with Crippen molar-refractivity contribution in [2.75, 3.05) is 6.54 Å². The van der Waals surface area contributed by atoms with Crippen LogP contribution < -0.4 is 5.32 Å². The summed E-state index contributed by atoms with van der Waals surface area (Å²) < 4.78 is 6.08. The van der Waals surface area contributed by atoms with E-state index < -0.39 is 0 Å². The second kappa shape index (κ2) is 7.79. The number of hydrogen-bond acceptors (Lipinski definition) is 2. The van der Waals surface area contributed by atoms with Crippen LogP contribution in [0.25, 0.3) is 0 Å². The van der Waals surface area contributed by atoms with Gasteiger partial charge in [-0.2, -0.15) is 0 Å². The van der Waals surface area contributed by atoms with Crippen molar-refractivity contribution in [3.63, 3.8) is 0 Å². The van der Waals surface area contributed by atoms with Gasteiger partial charge in [-0.3, -0.25) is 0 Å². The van der Waals surface area contributed by atoms with Gasteiger partial charge in [-0.25, -0.2) is 0 Å². The zero-order valence-electron chi connectivity index (χ0n) is 14.0. The summed E-state index contributed by atoms with van der Waals surface area (Å²) in [5, 5.41) is 3.81. The van der Waals surface area contributed by atoms with Crippen molar-refractivity contribution in [2.45, 2.75) is 90.9 Å². The van der Waals surface area contributed by atoms with Gasteiger partial charge in [-0.05, 0) is 76.2 Å². The highest BCUT2D eigenvalue weighted by Crippen LogP contribution is 2.38. The van der Waals surface area contributed by atoms with E-state index in [2.05, 4.69) is 33.0 Å². The molecule has 0 aromatic carbocycles. The van der Waals surface area contributed by atoms with Crippen LogP contribution in [0.5, 0.6) is 0 Å². The van der Waals surface area contributed by atoms with Crippen molar-refractivity contribution in [2.24, 2.45) is 17.8 Å². The molecule has 2 heteroatoms. The molecule has 2 fully saturated rings. The van der Waals surface area contributed by atoms with Crippen LogP contribution in [0.15, 0.2) is 0 Å². The molecule has 0 amide bonds. The summed E-state index contributed by atoms with van der Waals surface area (Å²) in [4.78, 5) is 0. The summed E-state index contributed by atoms with van der Waals surface area (Å²) in [7, 11) is 0. The largest absolute Gasteiger partial charge is 0.375 e. The van der Waals surface area contributed by atoms with Crippen molar-refractivity contribution in [1.82, 2.24) is 5.32 Å². The first-order valence-corrected chi connectivity index (χ1v) is 8.99. The second-order valence-electron chi connectivity index (χ2n) is 7.52. The molecule has 2 nitrogen and oxygen atoms in total. The molecule has 5 unspecified atom stereocenters. The highest BCUT2D eigenvalue weighted by atomic mass is 16.5. The topological polar surface area (TPSA) is 21.3 Å². The van der Waals surface area contributed by atoms with Crippen LogP contribution in [0.1, 0.15) is 72.6 Å². The fraction of sp³-hybridized carbons (Fsp3) is 1.00. The lowest BCUT2D eigenvalue weighted by molar-refractivity contribution is 0.0256. The molecule has 1 saturated heterocycles. The molecule has 1 aliphatic carbocycles. The summed E-state index contributed by atoms with van der Waals surface area (Å²) in [6, 6.07) is 0.740.